The fourth-order valence-electron chi connectivity index (χ4n) is 1.84. The van der Waals surface area contributed by atoms with E-state index in [1.165, 1.54) is 6.07 Å². The van der Waals surface area contributed by atoms with Crippen molar-refractivity contribution in [1.29, 1.82) is 0 Å². The average molecular weight is 363 g/mol. The largest absolute Gasteiger partial charge is 0.418 e. The van der Waals surface area contributed by atoms with Gasteiger partial charge in [-0.1, -0.05) is 29.3 Å². The van der Waals surface area contributed by atoms with E-state index >= 15 is 0 Å². The molecule has 0 atom stereocenters. The molecule has 122 valence electrons. The molecule has 0 aliphatic carbocycles. The molecule has 0 fully saturated rings. The fourth-order valence-corrected chi connectivity index (χ4v) is 2.20. The second-order valence-corrected chi connectivity index (χ2v) is 5.47. The highest BCUT2D eigenvalue weighted by Gasteiger charge is 2.34. The normalized spacial score (nSPS) is 11.2. The average Bonchev–Trinajstić information content (AvgIpc) is 2.46. The molecule has 0 aliphatic heterocycles. The number of carbonyl (C=O) groups is 1. The van der Waals surface area contributed by atoms with Crippen LogP contribution in [0.25, 0.3) is 0 Å². The molecule has 0 spiro atoms. The second-order valence-electron chi connectivity index (χ2n) is 4.60. The maximum atomic E-state index is 12.9. The van der Waals surface area contributed by atoms with Crippen LogP contribution < -0.4 is 10.6 Å². The van der Waals surface area contributed by atoms with E-state index in [0.29, 0.717) is 10.7 Å². The van der Waals surface area contributed by atoms with Crippen LogP contribution in [0.3, 0.4) is 0 Å². The lowest BCUT2D eigenvalue weighted by atomic mass is 10.1. The summed E-state index contributed by atoms with van der Waals surface area (Å²) in [6.45, 7) is -0.208. The molecule has 0 unspecified atom stereocenters. The van der Waals surface area contributed by atoms with Gasteiger partial charge >= 0.3 is 6.18 Å². The molecule has 0 saturated heterocycles. The molecule has 2 aromatic rings. The van der Waals surface area contributed by atoms with E-state index in [1.54, 1.807) is 24.3 Å². The van der Waals surface area contributed by atoms with Crippen molar-refractivity contribution in [3.05, 3.63) is 58.1 Å². The minimum absolute atomic E-state index is 0.0626. The standard InChI is InChI=1S/C15H11Cl2F3N2O/c16-9-2-1-3-11(6-9)21-8-14(23)22-13-5-4-10(17)7-12(13)15(18,19)20/h1-7,21H,8H2,(H,22,23). The number of amides is 1. The number of alkyl halides is 3. The molecule has 1 amide bonds. The van der Waals surface area contributed by atoms with E-state index in [1.807, 2.05) is 0 Å². The molecule has 0 aromatic heterocycles. The first-order valence-electron chi connectivity index (χ1n) is 6.42. The zero-order valence-electron chi connectivity index (χ0n) is 11.5. The summed E-state index contributed by atoms with van der Waals surface area (Å²) in [5.41, 5.74) is -0.763. The summed E-state index contributed by atoms with van der Waals surface area (Å²) in [7, 11) is 0. The fraction of sp³-hybridized carbons (Fsp3) is 0.133. The number of halogens is 5. The predicted molar refractivity (Wildman–Crippen MR) is 85.0 cm³/mol. The molecule has 8 heteroatoms. The molecule has 23 heavy (non-hydrogen) atoms. The molecular weight excluding hydrogens is 352 g/mol. The number of hydrogen-bond donors (Lipinski definition) is 2. The SMILES string of the molecule is O=C(CNc1cccc(Cl)c1)Nc1ccc(Cl)cc1C(F)(F)F. The van der Waals surface area contributed by atoms with Gasteiger partial charge in [-0.25, -0.2) is 0 Å². The summed E-state index contributed by atoms with van der Waals surface area (Å²) in [5, 5.41) is 5.40. The van der Waals surface area contributed by atoms with Crippen LogP contribution in [0.1, 0.15) is 5.56 Å². The van der Waals surface area contributed by atoms with Gasteiger partial charge in [-0.05, 0) is 36.4 Å². The summed E-state index contributed by atoms with van der Waals surface area (Å²) in [6.07, 6.45) is -4.62. The van der Waals surface area contributed by atoms with Crippen molar-refractivity contribution in [3.63, 3.8) is 0 Å². The van der Waals surface area contributed by atoms with Crippen molar-refractivity contribution in [1.82, 2.24) is 0 Å². The van der Waals surface area contributed by atoms with Gasteiger partial charge in [0.25, 0.3) is 0 Å². The molecule has 2 aromatic carbocycles. The van der Waals surface area contributed by atoms with Crippen molar-refractivity contribution < 1.29 is 18.0 Å². The highest BCUT2D eigenvalue weighted by molar-refractivity contribution is 6.31. The second kappa shape index (κ2) is 7.10. The maximum Gasteiger partial charge on any atom is 0.418 e. The van der Waals surface area contributed by atoms with Crippen LogP contribution in [0.4, 0.5) is 24.5 Å². The zero-order valence-corrected chi connectivity index (χ0v) is 13.1. The molecule has 0 bridgehead atoms. The zero-order chi connectivity index (χ0) is 17.0. The Labute approximate surface area is 140 Å². The van der Waals surface area contributed by atoms with Gasteiger partial charge in [-0.15, -0.1) is 0 Å². The van der Waals surface area contributed by atoms with E-state index in [9.17, 15) is 18.0 Å². The van der Waals surface area contributed by atoms with E-state index in [2.05, 4.69) is 10.6 Å². The molecule has 0 heterocycles. The van der Waals surface area contributed by atoms with Crippen LogP contribution in [-0.2, 0) is 11.0 Å². The molecular formula is C15H11Cl2F3N2O. The van der Waals surface area contributed by atoms with Crippen LogP contribution >= 0.6 is 23.2 Å². The Balaban J connectivity index is 2.06. The van der Waals surface area contributed by atoms with E-state index in [-0.39, 0.29) is 17.3 Å². The Hall–Kier alpha value is -1.92. The number of hydrogen-bond acceptors (Lipinski definition) is 2. The van der Waals surface area contributed by atoms with Crippen molar-refractivity contribution >= 4 is 40.5 Å². The first-order chi connectivity index (χ1) is 10.8. The lowest BCUT2D eigenvalue weighted by Crippen LogP contribution is -2.23. The number of benzene rings is 2. The van der Waals surface area contributed by atoms with Crippen molar-refractivity contribution in [2.45, 2.75) is 6.18 Å². The van der Waals surface area contributed by atoms with Gasteiger partial charge < -0.3 is 10.6 Å². The topological polar surface area (TPSA) is 41.1 Å². The minimum Gasteiger partial charge on any atom is -0.376 e. The number of nitrogens with one attached hydrogen (secondary N) is 2. The van der Waals surface area contributed by atoms with Gasteiger partial charge in [0.2, 0.25) is 5.91 Å². The Morgan fingerprint density at radius 1 is 1.04 bits per heavy atom. The van der Waals surface area contributed by atoms with Crippen molar-refractivity contribution in [3.8, 4) is 0 Å². The van der Waals surface area contributed by atoms with Crippen LogP contribution in [0.15, 0.2) is 42.5 Å². The molecule has 2 N–H and O–H groups in total. The molecule has 3 nitrogen and oxygen atoms in total. The Kier molecular flexibility index (Phi) is 5.38. The van der Waals surface area contributed by atoms with Gasteiger partial charge in [0.15, 0.2) is 0 Å². The van der Waals surface area contributed by atoms with Crippen LogP contribution in [0.5, 0.6) is 0 Å². The Morgan fingerprint density at radius 2 is 1.74 bits per heavy atom. The Bertz CT molecular complexity index is 720. The first-order valence-corrected chi connectivity index (χ1v) is 7.17. The van der Waals surface area contributed by atoms with Gasteiger partial charge in [0, 0.05) is 15.7 Å². The van der Waals surface area contributed by atoms with E-state index in [0.717, 1.165) is 12.1 Å². The minimum atomic E-state index is -4.62. The van der Waals surface area contributed by atoms with Crippen molar-refractivity contribution in [2.24, 2.45) is 0 Å². The molecule has 0 radical (unpaired) electrons. The third-order valence-corrected chi connectivity index (χ3v) is 3.31. The summed E-state index contributed by atoms with van der Waals surface area (Å²) in [4.78, 5) is 11.8. The van der Waals surface area contributed by atoms with Crippen LogP contribution in [0, 0.1) is 0 Å². The van der Waals surface area contributed by atoms with Crippen LogP contribution in [-0.4, -0.2) is 12.5 Å². The smallest absolute Gasteiger partial charge is 0.376 e. The summed E-state index contributed by atoms with van der Waals surface area (Å²) in [5.74, 6) is -0.627. The molecule has 2 rings (SSSR count). The van der Waals surface area contributed by atoms with Gasteiger partial charge in [0.1, 0.15) is 0 Å². The van der Waals surface area contributed by atoms with Gasteiger partial charge in [0.05, 0.1) is 17.8 Å². The quantitative estimate of drug-likeness (QED) is 0.797. The molecule has 0 aliphatic rings. The summed E-state index contributed by atoms with van der Waals surface area (Å²) >= 11 is 11.4. The Morgan fingerprint density at radius 3 is 2.39 bits per heavy atom. The van der Waals surface area contributed by atoms with E-state index < -0.39 is 17.6 Å². The van der Waals surface area contributed by atoms with E-state index in [4.69, 9.17) is 23.2 Å². The number of carbonyl (C=O) groups excluding carboxylic acids is 1. The lowest BCUT2D eigenvalue weighted by molar-refractivity contribution is -0.137. The first kappa shape index (κ1) is 17.4. The predicted octanol–water partition coefficient (Wildman–Crippen LogP) is 5.06. The molecule has 0 saturated carbocycles. The monoisotopic (exact) mass is 362 g/mol. The highest BCUT2D eigenvalue weighted by Crippen LogP contribution is 2.36. The number of rotatable bonds is 4. The summed E-state index contributed by atoms with van der Waals surface area (Å²) < 4.78 is 38.8. The maximum absolute atomic E-state index is 12.9. The third-order valence-electron chi connectivity index (χ3n) is 2.84. The highest BCUT2D eigenvalue weighted by atomic mass is 35.5. The van der Waals surface area contributed by atoms with Crippen molar-refractivity contribution in [2.75, 3.05) is 17.2 Å². The van der Waals surface area contributed by atoms with Gasteiger partial charge in [-0.2, -0.15) is 13.2 Å². The number of anilines is 2. The summed E-state index contributed by atoms with van der Waals surface area (Å²) in [6, 6.07) is 9.78. The van der Waals surface area contributed by atoms with Crippen LogP contribution in [0.2, 0.25) is 10.0 Å². The third kappa shape index (κ3) is 5.04. The lowest BCUT2D eigenvalue weighted by Gasteiger charge is -2.14. The van der Waals surface area contributed by atoms with Gasteiger partial charge in [-0.3, -0.25) is 4.79 Å².